The third-order valence-corrected chi connectivity index (χ3v) is 3.12. The molecule has 3 heteroatoms. The van der Waals surface area contributed by atoms with Crippen LogP contribution >= 0.6 is 0 Å². The second-order valence-electron chi connectivity index (χ2n) is 4.73. The largest absolute Gasteiger partial charge is 0.350 e. The van der Waals surface area contributed by atoms with E-state index in [-0.39, 0.29) is 5.79 Å². The summed E-state index contributed by atoms with van der Waals surface area (Å²) in [5.74, 6) is -0.365. The third-order valence-electron chi connectivity index (χ3n) is 3.12. The van der Waals surface area contributed by atoms with Crippen molar-refractivity contribution in [3.63, 3.8) is 0 Å². The Labute approximate surface area is 79.8 Å². The zero-order valence-corrected chi connectivity index (χ0v) is 8.56. The van der Waals surface area contributed by atoms with E-state index in [0.717, 1.165) is 26.3 Å². The number of rotatable bonds is 0. The molecule has 0 aromatic heterocycles. The van der Waals surface area contributed by atoms with Gasteiger partial charge < -0.3 is 14.8 Å². The zero-order chi connectivity index (χ0) is 9.36. The summed E-state index contributed by atoms with van der Waals surface area (Å²) in [4.78, 5) is 0. The third kappa shape index (κ3) is 2.03. The predicted molar refractivity (Wildman–Crippen MR) is 50.5 cm³/mol. The minimum Gasteiger partial charge on any atom is -0.350 e. The summed E-state index contributed by atoms with van der Waals surface area (Å²) in [6.45, 7) is 7.91. The van der Waals surface area contributed by atoms with Crippen LogP contribution in [-0.2, 0) is 9.47 Å². The summed E-state index contributed by atoms with van der Waals surface area (Å²) in [5, 5.41) is 3.37. The summed E-state index contributed by atoms with van der Waals surface area (Å²) in [6.07, 6.45) is 2.37. The molecule has 0 aliphatic carbocycles. The standard InChI is InChI=1S/C10H19NO2/c1-9(2)12-7-10(8-13-9)3-5-11-6-4-10/h11H,3-8H2,1-2H3. The second-order valence-corrected chi connectivity index (χ2v) is 4.73. The van der Waals surface area contributed by atoms with Crippen LogP contribution in [0.3, 0.4) is 0 Å². The highest BCUT2D eigenvalue weighted by molar-refractivity contribution is 4.87. The monoisotopic (exact) mass is 185 g/mol. The Hall–Kier alpha value is -0.120. The quantitative estimate of drug-likeness (QED) is 0.614. The normalized spacial score (nSPS) is 31.8. The van der Waals surface area contributed by atoms with Crippen LogP contribution in [0.4, 0.5) is 0 Å². The van der Waals surface area contributed by atoms with Crippen LogP contribution in [0.1, 0.15) is 26.7 Å². The Kier molecular flexibility index (Phi) is 2.34. The SMILES string of the molecule is CC1(C)OCC2(CCNCC2)CO1. The fourth-order valence-electron chi connectivity index (χ4n) is 1.98. The lowest BCUT2D eigenvalue weighted by Crippen LogP contribution is -2.50. The van der Waals surface area contributed by atoms with Crippen molar-refractivity contribution in [3.8, 4) is 0 Å². The van der Waals surface area contributed by atoms with E-state index in [0.29, 0.717) is 5.41 Å². The molecule has 2 fully saturated rings. The molecule has 2 rings (SSSR count). The van der Waals surface area contributed by atoms with Gasteiger partial charge in [0, 0.05) is 5.41 Å². The molecule has 1 N–H and O–H groups in total. The molecular formula is C10H19NO2. The zero-order valence-electron chi connectivity index (χ0n) is 8.56. The van der Waals surface area contributed by atoms with Crippen LogP contribution in [0.2, 0.25) is 0 Å². The smallest absolute Gasteiger partial charge is 0.162 e. The molecule has 3 nitrogen and oxygen atoms in total. The Balaban J connectivity index is 1.95. The number of hydrogen-bond acceptors (Lipinski definition) is 3. The summed E-state index contributed by atoms with van der Waals surface area (Å²) in [7, 11) is 0. The molecule has 2 aliphatic rings. The molecule has 0 bridgehead atoms. The van der Waals surface area contributed by atoms with Crippen LogP contribution in [0.25, 0.3) is 0 Å². The van der Waals surface area contributed by atoms with E-state index in [1.54, 1.807) is 0 Å². The van der Waals surface area contributed by atoms with Gasteiger partial charge in [0.2, 0.25) is 0 Å². The molecule has 0 saturated carbocycles. The van der Waals surface area contributed by atoms with Crippen LogP contribution in [-0.4, -0.2) is 32.1 Å². The maximum Gasteiger partial charge on any atom is 0.162 e. The van der Waals surface area contributed by atoms with Gasteiger partial charge in [-0.15, -0.1) is 0 Å². The highest BCUT2D eigenvalue weighted by atomic mass is 16.7. The summed E-state index contributed by atoms with van der Waals surface area (Å²) < 4.78 is 11.4. The van der Waals surface area contributed by atoms with E-state index in [4.69, 9.17) is 9.47 Å². The molecule has 2 aliphatic heterocycles. The van der Waals surface area contributed by atoms with Gasteiger partial charge in [0.15, 0.2) is 5.79 Å². The van der Waals surface area contributed by atoms with E-state index in [9.17, 15) is 0 Å². The first-order chi connectivity index (χ1) is 6.12. The number of ether oxygens (including phenoxy) is 2. The topological polar surface area (TPSA) is 30.5 Å². The molecule has 0 aromatic rings. The Morgan fingerprint density at radius 2 is 1.54 bits per heavy atom. The maximum absolute atomic E-state index is 5.71. The summed E-state index contributed by atoms with van der Waals surface area (Å²) >= 11 is 0. The average Bonchev–Trinajstić information content (AvgIpc) is 2.13. The van der Waals surface area contributed by atoms with Crippen LogP contribution in [0.5, 0.6) is 0 Å². The average molecular weight is 185 g/mol. The lowest BCUT2D eigenvalue weighted by molar-refractivity contribution is -0.288. The molecular weight excluding hydrogens is 166 g/mol. The van der Waals surface area contributed by atoms with Gasteiger partial charge in [0.1, 0.15) is 0 Å². The Bertz CT molecular complexity index is 173. The van der Waals surface area contributed by atoms with Crippen molar-refractivity contribution in [1.29, 1.82) is 0 Å². The van der Waals surface area contributed by atoms with E-state index >= 15 is 0 Å². The van der Waals surface area contributed by atoms with Gasteiger partial charge >= 0.3 is 0 Å². The van der Waals surface area contributed by atoms with Gasteiger partial charge in [-0.25, -0.2) is 0 Å². The molecule has 13 heavy (non-hydrogen) atoms. The van der Waals surface area contributed by atoms with Crippen molar-refractivity contribution in [3.05, 3.63) is 0 Å². The highest BCUT2D eigenvalue weighted by Crippen LogP contribution is 2.36. The summed E-state index contributed by atoms with van der Waals surface area (Å²) in [6, 6.07) is 0. The van der Waals surface area contributed by atoms with Crippen molar-refractivity contribution >= 4 is 0 Å². The van der Waals surface area contributed by atoms with Gasteiger partial charge in [0.05, 0.1) is 13.2 Å². The minimum absolute atomic E-state index is 0.306. The highest BCUT2D eigenvalue weighted by Gasteiger charge is 2.40. The first-order valence-corrected chi connectivity index (χ1v) is 5.11. The summed E-state index contributed by atoms with van der Waals surface area (Å²) in [5.41, 5.74) is 0.306. The fraction of sp³-hybridized carbons (Fsp3) is 1.00. The Morgan fingerprint density at radius 1 is 1.00 bits per heavy atom. The Morgan fingerprint density at radius 3 is 2.08 bits per heavy atom. The van der Waals surface area contributed by atoms with Crippen LogP contribution < -0.4 is 5.32 Å². The van der Waals surface area contributed by atoms with Gasteiger partial charge in [0.25, 0.3) is 0 Å². The fourth-order valence-corrected chi connectivity index (χ4v) is 1.98. The van der Waals surface area contributed by atoms with Crippen LogP contribution in [0.15, 0.2) is 0 Å². The second kappa shape index (κ2) is 3.23. The van der Waals surface area contributed by atoms with Gasteiger partial charge in [-0.1, -0.05) is 0 Å². The van der Waals surface area contributed by atoms with Crippen molar-refractivity contribution in [1.82, 2.24) is 5.32 Å². The van der Waals surface area contributed by atoms with Crippen LogP contribution in [0, 0.1) is 5.41 Å². The number of hydrogen-bond donors (Lipinski definition) is 1. The molecule has 0 amide bonds. The molecule has 0 radical (unpaired) electrons. The van der Waals surface area contributed by atoms with E-state index in [2.05, 4.69) is 5.32 Å². The molecule has 0 aromatic carbocycles. The first kappa shape index (κ1) is 9.44. The predicted octanol–water partition coefficient (Wildman–Crippen LogP) is 1.14. The molecule has 2 saturated heterocycles. The van der Waals surface area contributed by atoms with E-state index < -0.39 is 0 Å². The molecule has 76 valence electrons. The van der Waals surface area contributed by atoms with Crippen molar-refractivity contribution < 1.29 is 9.47 Å². The van der Waals surface area contributed by atoms with Gasteiger partial charge in [-0.2, -0.15) is 0 Å². The number of piperidine rings is 1. The first-order valence-electron chi connectivity index (χ1n) is 5.11. The number of nitrogens with one attached hydrogen (secondary N) is 1. The molecule has 0 atom stereocenters. The molecule has 0 unspecified atom stereocenters. The minimum atomic E-state index is -0.365. The van der Waals surface area contributed by atoms with Crippen molar-refractivity contribution in [2.75, 3.05) is 26.3 Å². The lowest BCUT2D eigenvalue weighted by atomic mass is 9.80. The molecule has 2 heterocycles. The van der Waals surface area contributed by atoms with E-state index in [1.807, 2.05) is 13.8 Å². The maximum atomic E-state index is 5.71. The van der Waals surface area contributed by atoms with Crippen molar-refractivity contribution in [2.24, 2.45) is 5.41 Å². The lowest BCUT2D eigenvalue weighted by Gasteiger charge is -2.45. The molecule has 1 spiro atoms. The van der Waals surface area contributed by atoms with Gasteiger partial charge in [-0.3, -0.25) is 0 Å². The van der Waals surface area contributed by atoms with Crippen molar-refractivity contribution in [2.45, 2.75) is 32.5 Å². The van der Waals surface area contributed by atoms with E-state index in [1.165, 1.54) is 12.8 Å². The van der Waals surface area contributed by atoms with Gasteiger partial charge in [-0.05, 0) is 39.8 Å².